The lowest BCUT2D eigenvalue weighted by Crippen LogP contribution is -2.30. The van der Waals surface area contributed by atoms with Crippen LogP contribution in [0.5, 0.6) is 11.5 Å². The zero-order valence-electron chi connectivity index (χ0n) is 19.1. The van der Waals surface area contributed by atoms with Crippen LogP contribution in [-0.4, -0.2) is 35.5 Å². The van der Waals surface area contributed by atoms with Gasteiger partial charge in [-0.2, -0.15) is 0 Å². The number of benzene rings is 2. The van der Waals surface area contributed by atoms with E-state index in [1.807, 2.05) is 43.3 Å². The largest absolute Gasteiger partial charge is 0.493 e. The van der Waals surface area contributed by atoms with Gasteiger partial charge in [0.2, 0.25) is 12.0 Å². The van der Waals surface area contributed by atoms with Gasteiger partial charge in [0.1, 0.15) is 18.6 Å². The summed E-state index contributed by atoms with van der Waals surface area (Å²) in [6.45, 7) is 2.51. The van der Waals surface area contributed by atoms with Crippen molar-refractivity contribution in [2.45, 2.75) is 32.5 Å². The number of methoxy groups -OCH3 is 1. The van der Waals surface area contributed by atoms with Crippen LogP contribution in [0.3, 0.4) is 0 Å². The Kier molecular flexibility index (Phi) is 7.27. The number of carbonyl (C=O) groups is 2. The van der Waals surface area contributed by atoms with Gasteiger partial charge in [-0.05, 0) is 30.2 Å². The van der Waals surface area contributed by atoms with Crippen LogP contribution in [0.2, 0.25) is 0 Å². The molecule has 0 spiro atoms. The molecule has 1 aromatic heterocycles. The Morgan fingerprint density at radius 3 is 2.68 bits per heavy atom. The molecule has 0 saturated carbocycles. The Balaban J connectivity index is 1.40. The predicted molar refractivity (Wildman–Crippen MR) is 125 cm³/mol. The van der Waals surface area contributed by atoms with E-state index in [9.17, 15) is 9.59 Å². The molecule has 3 aromatic rings. The Morgan fingerprint density at radius 2 is 1.91 bits per heavy atom. The molecule has 34 heavy (non-hydrogen) atoms. The van der Waals surface area contributed by atoms with E-state index in [-0.39, 0.29) is 12.5 Å². The Labute approximate surface area is 197 Å². The molecular weight excluding hydrogens is 436 g/mol. The minimum Gasteiger partial charge on any atom is -0.493 e. The van der Waals surface area contributed by atoms with E-state index in [1.165, 1.54) is 13.4 Å². The van der Waals surface area contributed by atoms with Crippen LogP contribution in [0.25, 0.3) is 12.2 Å². The first-order valence-electron chi connectivity index (χ1n) is 11.1. The van der Waals surface area contributed by atoms with E-state index in [0.717, 1.165) is 23.3 Å². The fourth-order valence-corrected chi connectivity index (χ4v) is 3.49. The van der Waals surface area contributed by atoms with E-state index in [1.54, 1.807) is 24.3 Å². The first-order valence-corrected chi connectivity index (χ1v) is 11.1. The van der Waals surface area contributed by atoms with Crippen molar-refractivity contribution in [1.82, 2.24) is 9.88 Å². The first kappa shape index (κ1) is 23.1. The van der Waals surface area contributed by atoms with Crippen LogP contribution < -0.4 is 9.47 Å². The highest BCUT2D eigenvalue weighted by Gasteiger charge is 2.41. The number of cyclic esters (lactones) is 1. The Hall–Kier alpha value is -4.07. The number of nitrogens with zero attached hydrogens (tertiary/aromatic N) is 2. The lowest BCUT2D eigenvalue weighted by atomic mass is 10.1. The number of oxazole rings is 1. The summed E-state index contributed by atoms with van der Waals surface area (Å²) < 4.78 is 22.1. The third-order valence-corrected chi connectivity index (χ3v) is 5.32. The molecule has 1 saturated heterocycles. The molecule has 1 aliphatic rings. The zero-order chi connectivity index (χ0) is 23.9. The van der Waals surface area contributed by atoms with Crippen molar-refractivity contribution in [3.05, 3.63) is 77.5 Å². The number of rotatable bonds is 10. The normalized spacial score (nSPS) is 15.7. The van der Waals surface area contributed by atoms with E-state index in [4.69, 9.17) is 18.6 Å². The molecule has 0 aliphatic carbocycles. The Morgan fingerprint density at radius 1 is 1.09 bits per heavy atom. The van der Waals surface area contributed by atoms with Gasteiger partial charge >= 0.3 is 6.09 Å². The summed E-state index contributed by atoms with van der Waals surface area (Å²) in [5.41, 5.74) is 2.19. The summed E-state index contributed by atoms with van der Waals surface area (Å²) in [6.07, 6.45) is 5.24. The monoisotopic (exact) mass is 462 g/mol. The Bertz CT molecular complexity index is 1170. The van der Waals surface area contributed by atoms with Crippen LogP contribution in [-0.2, 0) is 16.1 Å². The highest BCUT2D eigenvalue weighted by Crippen LogP contribution is 2.35. The zero-order valence-corrected chi connectivity index (χ0v) is 19.1. The van der Waals surface area contributed by atoms with Crippen LogP contribution >= 0.6 is 0 Å². The summed E-state index contributed by atoms with van der Waals surface area (Å²) in [5.74, 6) is 0.989. The molecule has 0 bridgehead atoms. The number of hydrogen-bond donors (Lipinski definition) is 0. The number of imide groups is 1. The second kappa shape index (κ2) is 10.7. The average Bonchev–Trinajstić information content (AvgIpc) is 3.44. The molecule has 4 rings (SSSR count). The molecule has 1 unspecified atom stereocenters. The first-order chi connectivity index (χ1) is 16.6. The van der Waals surface area contributed by atoms with Gasteiger partial charge in [-0.1, -0.05) is 49.7 Å². The van der Waals surface area contributed by atoms with Crippen LogP contribution in [0.4, 0.5) is 4.79 Å². The predicted octanol–water partition coefficient (Wildman–Crippen LogP) is 5.25. The lowest BCUT2D eigenvalue weighted by molar-refractivity contribution is -0.129. The molecule has 2 amide bonds. The van der Waals surface area contributed by atoms with Crippen molar-refractivity contribution in [2.24, 2.45) is 0 Å². The molecule has 1 aliphatic heterocycles. The molecule has 2 aromatic carbocycles. The third kappa shape index (κ3) is 5.28. The average molecular weight is 463 g/mol. The summed E-state index contributed by atoms with van der Waals surface area (Å²) in [6, 6.07) is 14.9. The van der Waals surface area contributed by atoms with Crippen molar-refractivity contribution in [3.63, 3.8) is 0 Å². The van der Waals surface area contributed by atoms with Crippen LogP contribution in [0.1, 0.15) is 48.6 Å². The van der Waals surface area contributed by atoms with Gasteiger partial charge in [0.05, 0.1) is 7.11 Å². The van der Waals surface area contributed by atoms with Gasteiger partial charge in [-0.25, -0.2) is 14.7 Å². The fourth-order valence-electron chi connectivity index (χ4n) is 3.49. The maximum absolute atomic E-state index is 12.6. The summed E-state index contributed by atoms with van der Waals surface area (Å²) >= 11 is 0. The number of aromatic nitrogens is 1. The minimum absolute atomic E-state index is 0.167. The van der Waals surface area contributed by atoms with Gasteiger partial charge < -0.3 is 18.6 Å². The SMILES string of the molecule is CCCCN1C(=O)OC(c2ccc(OCc3coc(C=Cc4ccccc4)n3)c(OC)c2)C1=O. The maximum atomic E-state index is 12.6. The molecule has 0 N–H and O–H groups in total. The highest BCUT2D eigenvalue weighted by atomic mass is 16.6. The minimum atomic E-state index is -0.984. The van der Waals surface area contributed by atoms with Crippen molar-refractivity contribution in [1.29, 1.82) is 0 Å². The van der Waals surface area contributed by atoms with Gasteiger partial charge in [0, 0.05) is 18.2 Å². The topological polar surface area (TPSA) is 91.1 Å². The van der Waals surface area contributed by atoms with Gasteiger partial charge in [0.15, 0.2) is 11.5 Å². The molecule has 1 atom stereocenters. The summed E-state index contributed by atoms with van der Waals surface area (Å²) in [7, 11) is 1.50. The van der Waals surface area contributed by atoms with Crippen molar-refractivity contribution in [2.75, 3.05) is 13.7 Å². The van der Waals surface area contributed by atoms with Crippen LogP contribution in [0.15, 0.2) is 59.2 Å². The van der Waals surface area contributed by atoms with E-state index >= 15 is 0 Å². The number of amides is 2. The number of unbranched alkanes of at least 4 members (excludes halogenated alkanes) is 1. The quantitative estimate of drug-likeness (QED) is 0.406. The fraction of sp³-hybridized carbons (Fsp3) is 0.269. The molecule has 1 fully saturated rings. The van der Waals surface area contributed by atoms with Gasteiger partial charge in [-0.15, -0.1) is 0 Å². The second-order valence-corrected chi connectivity index (χ2v) is 7.73. The van der Waals surface area contributed by atoms with Gasteiger partial charge in [0.25, 0.3) is 5.91 Å². The standard InChI is InChI=1S/C26H26N2O6/c1-3-4-14-28-25(29)24(34-26(28)30)19-11-12-21(22(15-19)31-2)32-16-20-17-33-23(27-20)13-10-18-8-6-5-7-9-18/h5-13,15,17,24H,3-4,14,16H2,1-2H3. The van der Waals surface area contributed by atoms with Gasteiger partial charge in [-0.3, -0.25) is 4.79 Å². The van der Waals surface area contributed by atoms with E-state index < -0.39 is 12.2 Å². The number of hydrogen-bond acceptors (Lipinski definition) is 7. The van der Waals surface area contributed by atoms with E-state index in [0.29, 0.717) is 35.2 Å². The molecule has 2 heterocycles. The highest BCUT2D eigenvalue weighted by molar-refractivity contribution is 6.00. The maximum Gasteiger partial charge on any atom is 0.417 e. The molecule has 8 nitrogen and oxygen atoms in total. The summed E-state index contributed by atoms with van der Waals surface area (Å²) in [5, 5.41) is 0. The number of carbonyl (C=O) groups excluding carboxylic acids is 2. The third-order valence-electron chi connectivity index (χ3n) is 5.32. The molecule has 176 valence electrons. The summed E-state index contributed by atoms with van der Waals surface area (Å²) in [4.78, 5) is 30.3. The second-order valence-electron chi connectivity index (χ2n) is 7.73. The molecule has 0 radical (unpaired) electrons. The van der Waals surface area contributed by atoms with Crippen molar-refractivity contribution < 1.29 is 28.2 Å². The molecular formula is C26H26N2O6. The smallest absolute Gasteiger partial charge is 0.417 e. The number of ether oxygens (including phenoxy) is 3. The van der Waals surface area contributed by atoms with Crippen molar-refractivity contribution in [3.8, 4) is 11.5 Å². The van der Waals surface area contributed by atoms with Crippen molar-refractivity contribution >= 4 is 24.2 Å². The van der Waals surface area contributed by atoms with Crippen LogP contribution in [0, 0.1) is 0 Å². The lowest BCUT2D eigenvalue weighted by Gasteiger charge is -2.13. The van der Waals surface area contributed by atoms with E-state index in [2.05, 4.69) is 4.98 Å². The molecule has 8 heteroatoms.